The quantitative estimate of drug-likeness (QED) is 0.768. The highest BCUT2D eigenvalue weighted by Gasteiger charge is 2.45. The van der Waals surface area contributed by atoms with Crippen molar-refractivity contribution in [2.75, 3.05) is 19.6 Å². The Labute approximate surface area is 125 Å². The third-order valence-electron chi connectivity index (χ3n) is 4.58. The fourth-order valence-electron chi connectivity index (χ4n) is 3.29. The van der Waals surface area contributed by atoms with Crippen LogP contribution in [0.4, 0.5) is 0 Å². The summed E-state index contributed by atoms with van der Waals surface area (Å²) in [6.07, 6.45) is 4.60. The Kier molecular flexibility index (Phi) is 3.51. The van der Waals surface area contributed by atoms with E-state index in [1.807, 2.05) is 4.90 Å². The maximum absolute atomic E-state index is 12.2. The Bertz CT molecular complexity index is 488. The molecule has 1 saturated carbocycles. The predicted molar refractivity (Wildman–Crippen MR) is 81.5 cm³/mol. The number of nitrogens with two attached hydrogens (primary N) is 2. The number of hydrogen-bond acceptors (Lipinski definition) is 6. The van der Waals surface area contributed by atoms with Gasteiger partial charge in [-0.1, -0.05) is 6.92 Å². The number of hydrogen-bond donors (Lipinski definition) is 2. The van der Waals surface area contributed by atoms with Crippen molar-refractivity contribution in [3.63, 3.8) is 0 Å². The van der Waals surface area contributed by atoms with Gasteiger partial charge in [-0.25, -0.2) is 4.99 Å². The molecule has 0 aromatic carbocycles. The molecule has 0 radical (unpaired) electrons. The van der Waals surface area contributed by atoms with E-state index in [1.54, 1.807) is 0 Å². The number of rotatable bonds is 3. The van der Waals surface area contributed by atoms with Crippen molar-refractivity contribution in [2.24, 2.45) is 27.4 Å². The molecular formula is C14H24N6O. The van der Waals surface area contributed by atoms with Crippen LogP contribution in [0.3, 0.4) is 0 Å². The average Bonchev–Trinajstić information content (AvgIpc) is 3.27. The fourth-order valence-corrected chi connectivity index (χ4v) is 3.29. The average molecular weight is 292 g/mol. The van der Waals surface area contributed by atoms with Gasteiger partial charge in [-0.05, 0) is 19.3 Å². The van der Waals surface area contributed by atoms with E-state index in [0.717, 1.165) is 51.7 Å². The van der Waals surface area contributed by atoms with E-state index < -0.39 is 5.66 Å². The number of amides is 1. The second kappa shape index (κ2) is 5.20. The largest absolute Gasteiger partial charge is 0.369 e. The summed E-state index contributed by atoms with van der Waals surface area (Å²) in [5.41, 5.74) is 11.5. The molecule has 1 saturated heterocycles. The fraction of sp³-hybridized carbons (Fsp3) is 0.786. The first-order valence-corrected chi connectivity index (χ1v) is 7.81. The zero-order valence-electron chi connectivity index (χ0n) is 12.6. The highest BCUT2D eigenvalue weighted by atomic mass is 16.2. The van der Waals surface area contributed by atoms with Crippen LogP contribution in [-0.2, 0) is 4.79 Å². The van der Waals surface area contributed by atoms with Crippen LogP contribution in [-0.4, -0.2) is 52.9 Å². The van der Waals surface area contributed by atoms with Crippen LogP contribution in [0, 0.1) is 5.92 Å². The Balaban J connectivity index is 1.74. The summed E-state index contributed by atoms with van der Waals surface area (Å²) >= 11 is 0. The first-order chi connectivity index (χ1) is 10.1. The smallest absolute Gasteiger partial charge is 0.225 e. The predicted octanol–water partition coefficient (Wildman–Crippen LogP) is 0.0701. The molecule has 2 fully saturated rings. The number of likely N-dealkylation sites (tertiary alicyclic amines) is 1. The van der Waals surface area contributed by atoms with Gasteiger partial charge in [0.1, 0.15) is 5.66 Å². The van der Waals surface area contributed by atoms with Gasteiger partial charge < -0.3 is 21.3 Å². The van der Waals surface area contributed by atoms with Gasteiger partial charge in [0.2, 0.25) is 17.8 Å². The van der Waals surface area contributed by atoms with Gasteiger partial charge in [0, 0.05) is 38.4 Å². The summed E-state index contributed by atoms with van der Waals surface area (Å²) in [7, 11) is 0. The van der Waals surface area contributed by atoms with E-state index in [1.165, 1.54) is 0 Å². The Morgan fingerprint density at radius 1 is 1.33 bits per heavy atom. The molecule has 21 heavy (non-hydrogen) atoms. The third kappa shape index (κ3) is 2.56. The summed E-state index contributed by atoms with van der Waals surface area (Å²) < 4.78 is 0. The lowest BCUT2D eigenvalue weighted by Gasteiger charge is -2.48. The summed E-state index contributed by atoms with van der Waals surface area (Å²) in [5, 5.41) is 0. The van der Waals surface area contributed by atoms with Crippen molar-refractivity contribution < 1.29 is 4.79 Å². The molecular weight excluding hydrogens is 268 g/mol. The SMILES string of the molecule is CCCN1C(N)=NC(N)=NC12CCN(C(=O)C1CC1)CC2. The Hall–Kier alpha value is -1.79. The molecule has 0 unspecified atom stereocenters. The van der Waals surface area contributed by atoms with Crippen LogP contribution in [0.15, 0.2) is 9.98 Å². The van der Waals surface area contributed by atoms with Crippen molar-refractivity contribution >= 4 is 17.8 Å². The molecule has 1 amide bonds. The standard InChI is InChI=1S/C14H24N6O/c1-2-7-20-13(16)17-12(15)18-14(20)5-8-19(9-6-14)11(21)10-3-4-10/h10H,2-9H2,1H3,(H4,15,16,17,18). The molecule has 1 aliphatic carbocycles. The van der Waals surface area contributed by atoms with Crippen molar-refractivity contribution in [2.45, 2.75) is 44.7 Å². The summed E-state index contributed by atoms with van der Waals surface area (Å²) in [5.74, 6) is 1.28. The van der Waals surface area contributed by atoms with E-state index in [-0.39, 0.29) is 11.9 Å². The number of carbonyl (C=O) groups excluding carboxylic acids is 1. The summed E-state index contributed by atoms with van der Waals surface area (Å²) in [6, 6.07) is 0. The lowest BCUT2D eigenvalue weighted by atomic mass is 9.94. The van der Waals surface area contributed by atoms with Crippen LogP contribution in [0.25, 0.3) is 0 Å². The minimum absolute atomic E-state index is 0.252. The monoisotopic (exact) mass is 292 g/mol. The molecule has 0 atom stereocenters. The molecule has 116 valence electrons. The number of nitrogens with zero attached hydrogens (tertiary/aromatic N) is 4. The van der Waals surface area contributed by atoms with E-state index in [9.17, 15) is 4.79 Å². The topological polar surface area (TPSA) is 100 Å². The normalized spacial score (nSPS) is 24.8. The summed E-state index contributed by atoms with van der Waals surface area (Å²) in [4.78, 5) is 24.9. The van der Waals surface area contributed by atoms with E-state index in [2.05, 4.69) is 21.8 Å². The lowest BCUT2D eigenvalue weighted by molar-refractivity contribution is -0.134. The molecule has 7 heteroatoms. The highest BCUT2D eigenvalue weighted by molar-refractivity contribution is 5.95. The molecule has 4 N–H and O–H groups in total. The molecule has 3 aliphatic rings. The van der Waals surface area contributed by atoms with Crippen LogP contribution in [0.1, 0.15) is 39.0 Å². The Morgan fingerprint density at radius 2 is 2.00 bits per heavy atom. The van der Waals surface area contributed by atoms with Gasteiger partial charge in [0.05, 0.1) is 0 Å². The van der Waals surface area contributed by atoms with Crippen LogP contribution < -0.4 is 11.5 Å². The van der Waals surface area contributed by atoms with Gasteiger partial charge >= 0.3 is 0 Å². The molecule has 3 rings (SSSR count). The number of aliphatic imine (C=N–C) groups is 2. The molecule has 0 aromatic heterocycles. The summed E-state index contributed by atoms with van der Waals surface area (Å²) in [6.45, 7) is 4.36. The lowest BCUT2D eigenvalue weighted by Crippen LogP contribution is -2.61. The second-order valence-electron chi connectivity index (χ2n) is 6.17. The van der Waals surface area contributed by atoms with Crippen LogP contribution in [0.5, 0.6) is 0 Å². The number of guanidine groups is 2. The number of piperidine rings is 1. The molecule has 2 aliphatic heterocycles. The number of carbonyl (C=O) groups is 1. The van der Waals surface area contributed by atoms with Gasteiger partial charge in [-0.15, -0.1) is 0 Å². The molecule has 0 aromatic rings. The van der Waals surface area contributed by atoms with Gasteiger partial charge in [-0.2, -0.15) is 4.99 Å². The van der Waals surface area contributed by atoms with E-state index in [0.29, 0.717) is 11.9 Å². The first kappa shape index (κ1) is 14.2. The van der Waals surface area contributed by atoms with Gasteiger partial charge in [0.25, 0.3) is 0 Å². The zero-order valence-corrected chi connectivity index (χ0v) is 12.6. The van der Waals surface area contributed by atoms with E-state index >= 15 is 0 Å². The van der Waals surface area contributed by atoms with E-state index in [4.69, 9.17) is 11.5 Å². The van der Waals surface area contributed by atoms with Crippen LogP contribution >= 0.6 is 0 Å². The molecule has 7 nitrogen and oxygen atoms in total. The molecule has 2 heterocycles. The zero-order chi connectivity index (χ0) is 15.0. The Morgan fingerprint density at radius 3 is 2.57 bits per heavy atom. The maximum Gasteiger partial charge on any atom is 0.225 e. The van der Waals surface area contributed by atoms with Crippen molar-refractivity contribution in [3.05, 3.63) is 0 Å². The van der Waals surface area contributed by atoms with Gasteiger partial charge in [-0.3, -0.25) is 4.79 Å². The molecule has 1 spiro atoms. The van der Waals surface area contributed by atoms with Crippen molar-refractivity contribution in [1.29, 1.82) is 0 Å². The third-order valence-corrected chi connectivity index (χ3v) is 4.58. The second-order valence-corrected chi connectivity index (χ2v) is 6.17. The highest BCUT2D eigenvalue weighted by Crippen LogP contribution is 2.36. The van der Waals surface area contributed by atoms with Crippen LogP contribution in [0.2, 0.25) is 0 Å². The van der Waals surface area contributed by atoms with Crippen molar-refractivity contribution in [3.8, 4) is 0 Å². The maximum atomic E-state index is 12.2. The minimum atomic E-state index is -0.410. The molecule has 0 bridgehead atoms. The first-order valence-electron chi connectivity index (χ1n) is 7.81. The minimum Gasteiger partial charge on any atom is -0.369 e. The van der Waals surface area contributed by atoms with Gasteiger partial charge in [0.15, 0.2) is 0 Å². The van der Waals surface area contributed by atoms with Crippen molar-refractivity contribution in [1.82, 2.24) is 9.80 Å².